The average molecular weight is 300 g/mol. The molecule has 0 saturated heterocycles. The second kappa shape index (κ2) is 5.64. The van der Waals surface area contributed by atoms with Crippen LogP contribution >= 0.6 is 0 Å². The van der Waals surface area contributed by atoms with Crippen molar-refractivity contribution in [3.63, 3.8) is 0 Å². The summed E-state index contributed by atoms with van der Waals surface area (Å²) in [6.07, 6.45) is 3.39. The summed E-state index contributed by atoms with van der Waals surface area (Å²) in [5.74, 6) is 0. The summed E-state index contributed by atoms with van der Waals surface area (Å²) in [6, 6.07) is 15.5. The lowest BCUT2D eigenvalue weighted by molar-refractivity contribution is 0.576. The first kappa shape index (κ1) is 14.3. The quantitative estimate of drug-likeness (QED) is 0.836. The van der Waals surface area contributed by atoms with Crippen molar-refractivity contribution in [1.29, 1.82) is 0 Å². The molecule has 21 heavy (non-hydrogen) atoms. The Bertz CT molecular complexity index is 747. The molecule has 0 N–H and O–H groups in total. The molecule has 1 unspecified atom stereocenters. The van der Waals surface area contributed by atoms with Gasteiger partial charge in [-0.1, -0.05) is 49.4 Å². The van der Waals surface area contributed by atoms with Gasteiger partial charge in [-0.05, 0) is 48.4 Å². The molecule has 1 atom stereocenters. The fourth-order valence-electron chi connectivity index (χ4n) is 3.13. The average Bonchev–Trinajstić information content (AvgIpc) is 2.64. The molecule has 2 aromatic carbocycles. The van der Waals surface area contributed by atoms with Crippen molar-refractivity contribution in [3.05, 3.63) is 65.2 Å². The number of rotatable bonds is 2. The van der Waals surface area contributed by atoms with Crippen LogP contribution in [0.3, 0.4) is 0 Å². The Hall–Kier alpha value is -1.61. The van der Waals surface area contributed by atoms with E-state index in [0.29, 0.717) is 11.3 Å². The molecule has 0 bridgehead atoms. The van der Waals surface area contributed by atoms with E-state index >= 15 is 0 Å². The zero-order valence-electron chi connectivity index (χ0n) is 12.2. The molecule has 0 radical (unpaired) electrons. The van der Waals surface area contributed by atoms with Crippen LogP contribution in [0.2, 0.25) is 0 Å². The smallest absolute Gasteiger partial charge is 0.185 e. The van der Waals surface area contributed by atoms with E-state index in [1.807, 2.05) is 30.3 Å². The van der Waals surface area contributed by atoms with Gasteiger partial charge in [0.2, 0.25) is 0 Å². The molecule has 0 amide bonds. The van der Waals surface area contributed by atoms with Crippen LogP contribution < -0.4 is 0 Å². The Morgan fingerprint density at radius 2 is 1.90 bits per heavy atom. The zero-order chi connectivity index (χ0) is 14.9. The number of sulfone groups is 1. The monoisotopic (exact) mass is 300 g/mol. The van der Waals surface area contributed by atoms with Gasteiger partial charge in [-0.25, -0.2) is 8.42 Å². The Balaban J connectivity index is 2.11. The second-order valence-electron chi connectivity index (χ2n) is 5.63. The van der Waals surface area contributed by atoms with Crippen molar-refractivity contribution in [2.45, 2.75) is 42.8 Å². The highest BCUT2D eigenvalue weighted by Gasteiger charge is 2.32. The minimum Gasteiger partial charge on any atom is -0.223 e. The molecule has 1 aliphatic heterocycles. The van der Waals surface area contributed by atoms with Crippen LogP contribution in [0.4, 0.5) is 0 Å². The minimum absolute atomic E-state index is 0.410. The number of fused-ring (bicyclic) bond motifs is 1. The normalized spacial score (nSPS) is 20.5. The first-order valence-corrected chi connectivity index (χ1v) is 9.08. The van der Waals surface area contributed by atoms with Crippen molar-refractivity contribution >= 4 is 9.84 Å². The third kappa shape index (κ3) is 2.62. The lowest BCUT2D eigenvalue weighted by atomic mass is 10.0. The number of hydrogen-bond donors (Lipinski definition) is 0. The van der Waals surface area contributed by atoms with Crippen molar-refractivity contribution in [1.82, 2.24) is 0 Å². The molecule has 0 fully saturated rings. The first-order chi connectivity index (χ1) is 10.1. The van der Waals surface area contributed by atoms with Crippen LogP contribution in [0.15, 0.2) is 53.4 Å². The summed E-state index contributed by atoms with van der Waals surface area (Å²) in [4.78, 5) is 0.523. The van der Waals surface area contributed by atoms with Gasteiger partial charge in [-0.3, -0.25) is 0 Å². The maximum absolute atomic E-state index is 13.0. The summed E-state index contributed by atoms with van der Waals surface area (Å²) in [6.45, 7) is 2.09. The fourth-order valence-corrected chi connectivity index (χ4v) is 5.23. The molecule has 2 nitrogen and oxygen atoms in total. The Kier molecular flexibility index (Phi) is 3.85. The fraction of sp³-hybridized carbons (Fsp3) is 0.333. The van der Waals surface area contributed by atoms with Gasteiger partial charge >= 0.3 is 0 Å². The third-order valence-electron chi connectivity index (χ3n) is 4.30. The molecule has 0 spiro atoms. The van der Waals surface area contributed by atoms with E-state index in [-0.39, 0.29) is 0 Å². The van der Waals surface area contributed by atoms with E-state index < -0.39 is 15.1 Å². The Morgan fingerprint density at radius 1 is 1.10 bits per heavy atom. The lowest BCUT2D eigenvalue weighted by Gasteiger charge is -2.17. The Morgan fingerprint density at radius 3 is 2.71 bits per heavy atom. The lowest BCUT2D eigenvalue weighted by Crippen LogP contribution is -2.13. The van der Waals surface area contributed by atoms with Gasteiger partial charge < -0.3 is 0 Å². The van der Waals surface area contributed by atoms with E-state index in [1.54, 1.807) is 6.07 Å². The summed E-state index contributed by atoms with van der Waals surface area (Å²) < 4.78 is 26.0. The molecule has 0 aliphatic carbocycles. The maximum Gasteiger partial charge on any atom is 0.185 e. The van der Waals surface area contributed by atoms with Crippen molar-refractivity contribution in [3.8, 4) is 0 Å². The highest BCUT2D eigenvalue weighted by atomic mass is 32.2. The zero-order valence-corrected chi connectivity index (χ0v) is 13.1. The van der Waals surface area contributed by atoms with Crippen LogP contribution in [0, 0.1) is 0 Å². The predicted octanol–water partition coefficient (Wildman–Crippen LogP) is 4.10. The first-order valence-electron chi connectivity index (χ1n) is 7.53. The molecule has 2 aromatic rings. The maximum atomic E-state index is 13.0. The summed E-state index contributed by atoms with van der Waals surface area (Å²) in [5, 5.41) is -0.410. The van der Waals surface area contributed by atoms with Gasteiger partial charge in [0, 0.05) is 0 Å². The summed E-state index contributed by atoms with van der Waals surface area (Å²) in [7, 11) is -3.30. The molecule has 3 rings (SSSR count). The largest absolute Gasteiger partial charge is 0.223 e. The van der Waals surface area contributed by atoms with Crippen LogP contribution in [-0.4, -0.2) is 8.42 Å². The number of benzene rings is 2. The summed E-state index contributed by atoms with van der Waals surface area (Å²) >= 11 is 0. The van der Waals surface area contributed by atoms with Gasteiger partial charge in [0.05, 0.1) is 10.1 Å². The molecule has 0 saturated carbocycles. The van der Waals surface area contributed by atoms with Gasteiger partial charge in [-0.15, -0.1) is 0 Å². The standard InChI is InChI=1S/C18H20O2S/c1-2-14-7-5-10-16(13-14)18-12-6-9-15-8-3-4-11-17(15)21(18,19)20/h3-5,7-8,10-11,13,18H,2,6,9,12H2,1H3. The Labute approximate surface area is 126 Å². The van der Waals surface area contributed by atoms with E-state index in [2.05, 4.69) is 19.1 Å². The number of hydrogen-bond acceptors (Lipinski definition) is 2. The van der Waals surface area contributed by atoms with Crippen molar-refractivity contribution in [2.75, 3.05) is 0 Å². The van der Waals surface area contributed by atoms with Crippen LogP contribution in [-0.2, 0) is 22.7 Å². The molecule has 3 heteroatoms. The van der Waals surface area contributed by atoms with Crippen molar-refractivity contribution < 1.29 is 8.42 Å². The highest BCUT2D eigenvalue weighted by molar-refractivity contribution is 7.91. The van der Waals surface area contributed by atoms with Crippen LogP contribution in [0.5, 0.6) is 0 Å². The van der Waals surface area contributed by atoms with Crippen LogP contribution in [0.25, 0.3) is 0 Å². The number of aryl methyl sites for hydroxylation is 2. The van der Waals surface area contributed by atoms with Gasteiger partial charge in [0.25, 0.3) is 0 Å². The van der Waals surface area contributed by atoms with Gasteiger partial charge in [-0.2, -0.15) is 0 Å². The van der Waals surface area contributed by atoms with E-state index in [0.717, 1.165) is 30.4 Å². The molecule has 1 aliphatic rings. The molecular weight excluding hydrogens is 280 g/mol. The van der Waals surface area contributed by atoms with E-state index in [9.17, 15) is 8.42 Å². The van der Waals surface area contributed by atoms with Crippen LogP contribution in [0.1, 0.15) is 41.7 Å². The third-order valence-corrected chi connectivity index (χ3v) is 6.57. The topological polar surface area (TPSA) is 34.1 Å². The van der Waals surface area contributed by atoms with E-state index in [4.69, 9.17) is 0 Å². The van der Waals surface area contributed by atoms with Gasteiger partial charge in [0.1, 0.15) is 0 Å². The van der Waals surface area contributed by atoms with Gasteiger partial charge in [0.15, 0.2) is 9.84 Å². The molecule has 0 aromatic heterocycles. The van der Waals surface area contributed by atoms with E-state index in [1.165, 1.54) is 5.56 Å². The minimum atomic E-state index is -3.30. The molecular formula is C18H20O2S. The SMILES string of the molecule is CCc1cccc(C2CCCc3ccccc3S2(=O)=O)c1. The molecule has 110 valence electrons. The van der Waals surface area contributed by atoms with Crippen molar-refractivity contribution in [2.24, 2.45) is 0 Å². The highest BCUT2D eigenvalue weighted by Crippen LogP contribution is 2.38. The summed E-state index contributed by atoms with van der Waals surface area (Å²) in [5.41, 5.74) is 3.10. The predicted molar refractivity (Wildman–Crippen MR) is 85.1 cm³/mol. The molecule has 1 heterocycles. The second-order valence-corrected chi connectivity index (χ2v) is 7.73.